The Bertz CT molecular complexity index is 526. The number of carbonyl (C=O) groups excluding carboxylic acids is 2. The zero-order valence-corrected chi connectivity index (χ0v) is 12.2. The molecule has 21 heavy (non-hydrogen) atoms. The van der Waals surface area contributed by atoms with Crippen molar-refractivity contribution in [2.24, 2.45) is 0 Å². The van der Waals surface area contributed by atoms with Crippen molar-refractivity contribution in [3.63, 3.8) is 0 Å². The number of carbonyl (C=O) groups is 3. The highest BCUT2D eigenvalue weighted by Crippen LogP contribution is 2.18. The van der Waals surface area contributed by atoms with Crippen molar-refractivity contribution in [3.8, 4) is 0 Å². The molecule has 114 valence electrons. The number of nitrogens with one attached hydrogen (secondary N) is 2. The molecule has 3 amide bonds. The van der Waals surface area contributed by atoms with Crippen molar-refractivity contribution in [3.05, 3.63) is 29.8 Å². The van der Waals surface area contributed by atoms with Gasteiger partial charge in [0.2, 0.25) is 5.91 Å². The van der Waals surface area contributed by atoms with Crippen molar-refractivity contribution in [1.29, 1.82) is 0 Å². The van der Waals surface area contributed by atoms with E-state index in [-0.39, 0.29) is 19.3 Å². The molecule has 6 nitrogen and oxygen atoms in total. The lowest BCUT2D eigenvalue weighted by molar-refractivity contribution is -0.137. The Labute approximate surface area is 123 Å². The van der Waals surface area contributed by atoms with Crippen molar-refractivity contribution in [2.45, 2.75) is 39.0 Å². The van der Waals surface area contributed by atoms with Gasteiger partial charge in [0.25, 0.3) is 0 Å². The van der Waals surface area contributed by atoms with E-state index in [0.717, 1.165) is 5.56 Å². The molecular formula is C15H20N2O4. The second kappa shape index (κ2) is 8.04. The summed E-state index contributed by atoms with van der Waals surface area (Å²) in [6, 6.07) is 6.76. The number of benzene rings is 1. The maximum absolute atomic E-state index is 11.6. The van der Waals surface area contributed by atoms with Crippen LogP contribution in [-0.2, 0) is 9.59 Å². The number of amides is 3. The molecule has 0 saturated carbocycles. The van der Waals surface area contributed by atoms with Crippen LogP contribution < -0.4 is 10.6 Å². The van der Waals surface area contributed by atoms with E-state index >= 15 is 0 Å². The first-order chi connectivity index (χ1) is 9.88. The van der Waals surface area contributed by atoms with E-state index in [9.17, 15) is 14.4 Å². The van der Waals surface area contributed by atoms with E-state index in [1.165, 1.54) is 0 Å². The molecule has 0 aliphatic heterocycles. The Balaban J connectivity index is 2.44. The van der Waals surface area contributed by atoms with Crippen molar-refractivity contribution in [1.82, 2.24) is 5.32 Å². The van der Waals surface area contributed by atoms with Crippen LogP contribution in [0.2, 0.25) is 0 Å². The Kier molecular flexibility index (Phi) is 6.39. The SMILES string of the molecule is CC(C)c1cccc(NC(=O)NC(=O)CCCC(=O)O)c1. The molecule has 1 aromatic rings. The van der Waals surface area contributed by atoms with Crippen molar-refractivity contribution >= 4 is 23.6 Å². The topological polar surface area (TPSA) is 95.5 Å². The van der Waals surface area contributed by atoms with Crippen LogP contribution in [0.3, 0.4) is 0 Å². The summed E-state index contributed by atoms with van der Waals surface area (Å²) >= 11 is 0. The molecule has 0 fully saturated rings. The number of rotatable bonds is 6. The third kappa shape index (κ3) is 6.56. The number of carboxylic acid groups (broad SMARTS) is 1. The lowest BCUT2D eigenvalue weighted by atomic mass is 10.0. The monoisotopic (exact) mass is 292 g/mol. The molecule has 0 bridgehead atoms. The Morgan fingerprint density at radius 1 is 1.19 bits per heavy atom. The average molecular weight is 292 g/mol. The van der Waals surface area contributed by atoms with E-state index in [2.05, 4.69) is 10.6 Å². The first kappa shape index (κ1) is 16.7. The van der Waals surface area contributed by atoms with Crippen LogP contribution in [0.4, 0.5) is 10.5 Å². The largest absolute Gasteiger partial charge is 0.481 e. The fourth-order valence-electron chi connectivity index (χ4n) is 1.73. The van der Waals surface area contributed by atoms with E-state index in [4.69, 9.17) is 5.11 Å². The summed E-state index contributed by atoms with van der Waals surface area (Å²) in [5, 5.41) is 13.2. The van der Waals surface area contributed by atoms with Crippen LogP contribution in [0.5, 0.6) is 0 Å². The standard InChI is InChI=1S/C15H20N2O4/c1-10(2)11-5-3-6-12(9-11)16-15(21)17-13(18)7-4-8-14(19)20/h3,5-6,9-10H,4,7-8H2,1-2H3,(H,19,20)(H2,16,17,18,21). The molecule has 0 radical (unpaired) electrons. The summed E-state index contributed by atoms with van der Waals surface area (Å²) in [7, 11) is 0. The van der Waals surface area contributed by atoms with Crippen LogP contribution in [0, 0.1) is 0 Å². The Morgan fingerprint density at radius 3 is 2.52 bits per heavy atom. The highest BCUT2D eigenvalue weighted by molar-refractivity contribution is 6.01. The molecule has 0 heterocycles. The lowest BCUT2D eigenvalue weighted by Gasteiger charge is -2.10. The van der Waals surface area contributed by atoms with E-state index in [0.29, 0.717) is 11.6 Å². The highest BCUT2D eigenvalue weighted by Gasteiger charge is 2.09. The summed E-state index contributed by atoms with van der Waals surface area (Å²) in [5.41, 5.74) is 1.69. The van der Waals surface area contributed by atoms with Crippen LogP contribution >= 0.6 is 0 Å². The molecular weight excluding hydrogens is 272 g/mol. The second-order valence-electron chi connectivity index (χ2n) is 5.03. The van der Waals surface area contributed by atoms with Crippen LogP contribution in [0.25, 0.3) is 0 Å². The first-order valence-electron chi connectivity index (χ1n) is 6.81. The zero-order valence-electron chi connectivity index (χ0n) is 12.2. The molecule has 0 aliphatic carbocycles. The molecule has 0 saturated heterocycles. The summed E-state index contributed by atoms with van der Waals surface area (Å²) in [6.07, 6.45) is 0.120. The molecule has 0 aliphatic rings. The minimum Gasteiger partial charge on any atom is -0.481 e. The van der Waals surface area contributed by atoms with Crippen LogP contribution in [0.15, 0.2) is 24.3 Å². The van der Waals surface area contributed by atoms with Crippen LogP contribution in [-0.4, -0.2) is 23.0 Å². The van der Waals surface area contributed by atoms with Crippen molar-refractivity contribution < 1.29 is 19.5 Å². The molecule has 6 heteroatoms. The van der Waals surface area contributed by atoms with Gasteiger partial charge in [-0.1, -0.05) is 26.0 Å². The van der Waals surface area contributed by atoms with Gasteiger partial charge in [-0.2, -0.15) is 0 Å². The number of hydrogen-bond donors (Lipinski definition) is 3. The average Bonchev–Trinajstić information content (AvgIpc) is 2.38. The summed E-state index contributed by atoms with van der Waals surface area (Å²) < 4.78 is 0. The van der Waals surface area contributed by atoms with Gasteiger partial charge in [0.15, 0.2) is 0 Å². The molecule has 0 atom stereocenters. The van der Waals surface area contributed by atoms with E-state index in [1.54, 1.807) is 6.07 Å². The Hall–Kier alpha value is -2.37. The maximum Gasteiger partial charge on any atom is 0.325 e. The molecule has 0 unspecified atom stereocenters. The van der Waals surface area contributed by atoms with Gasteiger partial charge in [-0.3, -0.25) is 14.9 Å². The number of imide groups is 1. The summed E-state index contributed by atoms with van der Waals surface area (Å²) in [6.45, 7) is 4.09. The molecule has 1 aromatic carbocycles. The summed E-state index contributed by atoms with van der Waals surface area (Å²) in [5.74, 6) is -1.11. The highest BCUT2D eigenvalue weighted by atomic mass is 16.4. The zero-order chi connectivity index (χ0) is 15.8. The van der Waals surface area contributed by atoms with Gasteiger partial charge >= 0.3 is 12.0 Å². The maximum atomic E-state index is 11.6. The van der Waals surface area contributed by atoms with E-state index < -0.39 is 17.9 Å². The third-order valence-electron chi connectivity index (χ3n) is 2.86. The van der Waals surface area contributed by atoms with Gasteiger partial charge < -0.3 is 10.4 Å². The normalized spacial score (nSPS) is 10.2. The number of hydrogen-bond acceptors (Lipinski definition) is 3. The molecule has 1 rings (SSSR count). The van der Waals surface area contributed by atoms with Crippen molar-refractivity contribution in [2.75, 3.05) is 5.32 Å². The van der Waals surface area contributed by atoms with Gasteiger partial charge in [-0.25, -0.2) is 4.79 Å². The summed E-state index contributed by atoms with van der Waals surface area (Å²) in [4.78, 5) is 33.4. The van der Waals surface area contributed by atoms with Gasteiger partial charge in [0, 0.05) is 18.5 Å². The smallest absolute Gasteiger partial charge is 0.325 e. The number of anilines is 1. The molecule has 0 spiro atoms. The quantitative estimate of drug-likeness (QED) is 0.751. The number of urea groups is 1. The first-order valence-corrected chi connectivity index (χ1v) is 6.81. The predicted molar refractivity (Wildman–Crippen MR) is 79.2 cm³/mol. The van der Waals surface area contributed by atoms with Gasteiger partial charge in [0.1, 0.15) is 0 Å². The predicted octanol–water partition coefficient (Wildman–Crippen LogP) is 2.71. The lowest BCUT2D eigenvalue weighted by Crippen LogP contribution is -2.34. The minimum atomic E-state index is -0.960. The van der Waals surface area contributed by atoms with Gasteiger partial charge in [-0.05, 0) is 30.0 Å². The fraction of sp³-hybridized carbons (Fsp3) is 0.400. The van der Waals surface area contributed by atoms with Gasteiger partial charge in [0.05, 0.1) is 0 Å². The van der Waals surface area contributed by atoms with E-state index in [1.807, 2.05) is 32.0 Å². The minimum absolute atomic E-state index is 0.00571. The molecule has 3 N–H and O–H groups in total. The second-order valence-corrected chi connectivity index (χ2v) is 5.03. The Morgan fingerprint density at radius 2 is 1.90 bits per heavy atom. The third-order valence-corrected chi connectivity index (χ3v) is 2.86. The van der Waals surface area contributed by atoms with Crippen LogP contribution in [0.1, 0.15) is 44.6 Å². The number of carboxylic acids is 1. The van der Waals surface area contributed by atoms with Gasteiger partial charge in [-0.15, -0.1) is 0 Å². The molecule has 0 aromatic heterocycles. The number of aliphatic carboxylic acids is 1. The fourth-order valence-corrected chi connectivity index (χ4v) is 1.73.